The van der Waals surface area contributed by atoms with E-state index >= 15 is 0 Å². The lowest BCUT2D eigenvalue weighted by molar-refractivity contribution is -0.121. The van der Waals surface area contributed by atoms with Crippen LogP contribution in [0.2, 0.25) is 0 Å². The van der Waals surface area contributed by atoms with E-state index in [9.17, 15) is 4.79 Å². The van der Waals surface area contributed by atoms with E-state index in [0.29, 0.717) is 31.5 Å². The molecule has 106 valence electrons. The summed E-state index contributed by atoms with van der Waals surface area (Å²) in [5, 5.41) is 6.30. The standard InChI is InChI=1S/C14H28N2O2/c1-12(2)6-9-18-10-8-16-14(17)11-13-5-3-4-7-15-13/h12-13,15H,3-11H2,1-2H3,(H,16,17). The summed E-state index contributed by atoms with van der Waals surface area (Å²) in [6.45, 7) is 7.46. The summed E-state index contributed by atoms with van der Waals surface area (Å²) < 4.78 is 5.45. The summed E-state index contributed by atoms with van der Waals surface area (Å²) >= 11 is 0. The smallest absolute Gasteiger partial charge is 0.221 e. The first-order chi connectivity index (χ1) is 8.68. The molecule has 1 rings (SSSR count). The van der Waals surface area contributed by atoms with Crippen LogP contribution in [0.5, 0.6) is 0 Å². The Bertz CT molecular complexity index is 226. The zero-order chi connectivity index (χ0) is 13.2. The summed E-state index contributed by atoms with van der Waals surface area (Å²) in [6.07, 6.45) is 5.29. The number of ether oxygens (including phenoxy) is 1. The molecule has 0 radical (unpaired) electrons. The molecule has 0 aliphatic carbocycles. The molecule has 0 spiro atoms. The first-order valence-electron chi connectivity index (χ1n) is 7.26. The molecule has 1 fully saturated rings. The van der Waals surface area contributed by atoms with Crippen molar-refractivity contribution in [3.63, 3.8) is 0 Å². The van der Waals surface area contributed by atoms with Crippen LogP contribution in [-0.2, 0) is 9.53 Å². The van der Waals surface area contributed by atoms with Crippen molar-refractivity contribution < 1.29 is 9.53 Å². The zero-order valence-corrected chi connectivity index (χ0v) is 11.8. The van der Waals surface area contributed by atoms with Gasteiger partial charge in [0.25, 0.3) is 0 Å². The zero-order valence-electron chi connectivity index (χ0n) is 11.8. The molecule has 0 saturated carbocycles. The van der Waals surface area contributed by atoms with Crippen LogP contribution in [0.15, 0.2) is 0 Å². The predicted octanol–water partition coefficient (Wildman–Crippen LogP) is 1.70. The van der Waals surface area contributed by atoms with E-state index in [2.05, 4.69) is 24.5 Å². The summed E-state index contributed by atoms with van der Waals surface area (Å²) in [7, 11) is 0. The van der Waals surface area contributed by atoms with Crippen molar-refractivity contribution in [2.24, 2.45) is 5.92 Å². The number of hydrogen-bond acceptors (Lipinski definition) is 3. The number of nitrogens with one attached hydrogen (secondary N) is 2. The number of rotatable bonds is 8. The molecule has 0 aromatic carbocycles. The van der Waals surface area contributed by atoms with Crippen LogP contribution in [0, 0.1) is 5.92 Å². The molecule has 1 heterocycles. The van der Waals surface area contributed by atoms with Gasteiger partial charge in [-0.05, 0) is 31.7 Å². The summed E-state index contributed by atoms with van der Waals surface area (Å²) in [4.78, 5) is 11.6. The van der Waals surface area contributed by atoms with E-state index < -0.39 is 0 Å². The van der Waals surface area contributed by atoms with Gasteiger partial charge in [0.05, 0.1) is 6.61 Å². The van der Waals surface area contributed by atoms with Crippen LogP contribution >= 0.6 is 0 Å². The topological polar surface area (TPSA) is 50.4 Å². The van der Waals surface area contributed by atoms with Gasteiger partial charge in [0.15, 0.2) is 0 Å². The Morgan fingerprint density at radius 3 is 2.89 bits per heavy atom. The molecule has 1 aliphatic rings. The first kappa shape index (κ1) is 15.4. The summed E-state index contributed by atoms with van der Waals surface area (Å²) in [5.74, 6) is 0.818. The second-order valence-corrected chi connectivity index (χ2v) is 5.50. The van der Waals surface area contributed by atoms with Gasteiger partial charge in [-0.1, -0.05) is 20.3 Å². The fourth-order valence-electron chi connectivity index (χ4n) is 2.08. The highest BCUT2D eigenvalue weighted by Gasteiger charge is 2.15. The van der Waals surface area contributed by atoms with Crippen molar-refractivity contribution in [3.05, 3.63) is 0 Å². The van der Waals surface area contributed by atoms with Gasteiger partial charge in [-0.25, -0.2) is 0 Å². The monoisotopic (exact) mass is 256 g/mol. The van der Waals surface area contributed by atoms with E-state index in [1.165, 1.54) is 12.8 Å². The lowest BCUT2D eigenvalue weighted by atomic mass is 10.0. The quantitative estimate of drug-likeness (QED) is 0.650. The number of carbonyl (C=O) groups is 1. The highest BCUT2D eigenvalue weighted by Crippen LogP contribution is 2.09. The minimum atomic E-state index is 0.141. The number of carbonyl (C=O) groups excluding carboxylic acids is 1. The van der Waals surface area contributed by atoms with E-state index in [1.54, 1.807) is 0 Å². The average molecular weight is 256 g/mol. The first-order valence-corrected chi connectivity index (χ1v) is 7.26. The van der Waals surface area contributed by atoms with Gasteiger partial charge in [0, 0.05) is 25.6 Å². The molecule has 1 unspecified atom stereocenters. The molecule has 4 nitrogen and oxygen atoms in total. The Morgan fingerprint density at radius 2 is 2.22 bits per heavy atom. The Labute approximate surface area is 111 Å². The van der Waals surface area contributed by atoms with E-state index in [-0.39, 0.29) is 5.91 Å². The number of hydrogen-bond donors (Lipinski definition) is 2. The number of piperidine rings is 1. The molecule has 1 atom stereocenters. The van der Waals surface area contributed by atoms with Gasteiger partial charge in [-0.15, -0.1) is 0 Å². The average Bonchev–Trinajstić information content (AvgIpc) is 2.34. The fraction of sp³-hybridized carbons (Fsp3) is 0.929. The molecule has 1 aliphatic heterocycles. The molecule has 1 saturated heterocycles. The van der Waals surface area contributed by atoms with Crippen LogP contribution in [0.4, 0.5) is 0 Å². The predicted molar refractivity (Wildman–Crippen MR) is 73.5 cm³/mol. The van der Waals surface area contributed by atoms with E-state index in [1.807, 2.05) is 0 Å². The number of amides is 1. The third-order valence-corrected chi connectivity index (χ3v) is 3.25. The van der Waals surface area contributed by atoms with Crippen molar-refractivity contribution in [1.82, 2.24) is 10.6 Å². The highest BCUT2D eigenvalue weighted by molar-refractivity contribution is 5.76. The van der Waals surface area contributed by atoms with Crippen LogP contribution in [-0.4, -0.2) is 38.3 Å². The molecule has 4 heteroatoms. The van der Waals surface area contributed by atoms with E-state index in [0.717, 1.165) is 26.0 Å². The molecule has 0 bridgehead atoms. The second kappa shape index (κ2) is 9.34. The SMILES string of the molecule is CC(C)CCOCCNC(=O)CC1CCCCN1. The second-order valence-electron chi connectivity index (χ2n) is 5.50. The molecule has 0 aromatic heterocycles. The van der Waals surface area contributed by atoms with Crippen molar-refractivity contribution in [1.29, 1.82) is 0 Å². The van der Waals surface area contributed by atoms with E-state index in [4.69, 9.17) is 4.74 Å². The maximum absolute atomic E-state index is 11.6. The Hall–Kier alpha value is -0.610. The van der Waals surface area contributed by atoms with Gasteiger partial charge in [-0.3, -0.25) is 4.79 Å². The molecule has 2 N–H and O–H groups in total. The minimum absolute atomic E-state index is 0.141. The maximum Gasteiger partial charge on any atom is 0.221 e. The van der Waals surface area contributed by atoms with Crippen LogP contribution in [0.3, 0.4) is 0 Å². The third-order valence-electron chi connectivity index (χ3n) is 3.25. The van der Waals surface area contributed by atoms with Gasteiger partial charge in [0.2, 0.25) is 5.91 Å². The van der Waals surface area contributed by atoms with Gasteiger partial charge in [-0.2, -0.15) is 0 Å². The molecule has 1 amide bonds. The maximum atomic E-state index is 11.6. The third kappa shape index (κ3) is 7.67. The fourth-order valence-corrected chi connectivity index (χ4v) is 2.08. The van der Waals surface area contributed by atoms with Gasteiger partial charge < -0.3 is 15.4 Å². The summed E-state index contributed by atoms with van der Waals surface area (Å²) in [6, 6.07) is 0.376. The molecule has 0 aromatic rings. The molecular weight excluding hydrogens is 228 g/mol. The van der Waals surface area contributed by atoms with Gasteiger partial charge in [0.1, 0.15) is 0 Å². The Balaban J connectivity index is 1.93. The van der Waals surface area contributed by atoms with Crippen molar-refractivity contribution in [2.75, 3.05) is 26.3 Å². The minimum Gasteiger partial charge on any atom is -0.380 e. The largest absolute Gasteiger partial charge is 0.380 e. The van der Waals surface area contributed by atoms with Crippen LogP contribution in [0.1, 0.15) is 46.0 Å². The van der Waals surface area contributed by atoms with Crippen molar-refractivity contribution in [2.45, 2.75) is 52.0 Å². The lowest BCUT2D eigenvalue weighted by Gasteiger charge is -2.22. The highest BCUT2D eigenvalue weighted by atomic mass is 16.5. The lowest BCUT2D eigenvalue weighted by Crippen LogP contribution is -2.39. The van der Waals surface area contributed by atoms with Crippen LogP contribution < -0.4 is 10.6 Å². The molecular formula is C14H28N2O2. The van der Waals surface area contributed by atoms with Crippen molar-refractivity contribution >= 4 is 5.91 Å². The van der Waals surface area contributed by atoms with Crippen LogP contribution in [0.25, 0.3) is 0 Å². The molecule has 18 heavy (non-hydrogen) atoms. The normalized spacial score (nSPS) is 20.1. The Kier molecular flexibility index (Phi) is 8.01. The Morgan fingerprint density at radius 1 is 1.39 bits per heavy atom. The van der Waals surface area contributed by atoms with Crippen molar-refractivity contribution in [3.8, 4) is 0 Å². The summed E-state index contributed by atoms with van der Waals surface area (Å²) in [5.41, 5.74) is 0. The van der Waals surface area contributed by atoms with Gasteiger partial charge >= 0.3 is 0 Å².